The maximum atomic E-state index is 12.5. The molecule has 0 spiro atoms. The van der Waals surface area contributed by atoms with Crippen molar-refractivity contribution in [3.05, 3.63) is 69.0 Å². The Bertz CT molecular complexity index is 1120. The fourth-order valence-electron chi connectivity index (χ4n) is 3.31. The molecule has 2 N–H and O–H groups in total. The quantitative estimate of drug-likeness (QED) is 0.592. The third-order valence-electron chi connectivity index (χ3n) is 5.02. The first kappa shape index (κ1) is 21.4. The van der Waals surface area contributed by atoms with Gasteiger partial charge >= 0.3 is 0 Å². The molecule has 0 fully saturated rings. The molecule has 158 valence electrons. The Kier molecular flexibility index (Phi) is 6.77. The number of benzene rings is 2. The highest BCUT2D eigenvalue weighted by Gasteiger charge is 2.12. The average Bonchev–Trinajstić information content (AvgIpc) is 2.71. The lowest BCUT2D eigenvalue weighted by molar-refractivity contribution is 0.0953. The molecule has 6 heteroatoms. The minimum absolute atomic E-state index is 0.125. The van der Waals surface area contributed by atoms with Gasteiger partial charge in [-0.15, -0.1) is 0 Å². The zero-order valence-electron chi connectivity index (χ0n) is 17.9. The van der Waals surface area contributed by atoms with Crippen LogP contribution in [-0.2, 0) is 6.42 Å². The third kappa shape index (κ3) is 4.82. The predicted octanol–water partition coefficient (Wildman–Crippen LogP) is 3.91. The van der Waals surface area contributed by atoms with Crippen molar-refractivity contribution in [2.45, 2.75) is 34.1 Å². The largest absolute Gasteiger partial charge is 0.490 e. The Morgan fingerprint density at radius 1 is 0.967 bits per heavy atom. The van der Waals surface area contributed by atoms with Crippen molar-refractivity contribution >= 4 is 16.8 Å². The minimum atomic E-state index is -0.220. The molecule has 30 heavy (non-hydrogen) atoms. The summed E-state index contributed by atoms with van der Waals surface area (Å²) in [4.78, 5) is 27.9. The monoisotopic (exact) mass is 408 g/mol. The van der Waals surface area contributed by atoms with Crippen molar-refractivity contribution in [1.82, 2.24) is 10.3 Å². The lowest BCUT2D eigenvalue weighted by Crippen LogP contribution is -2.27. The lowest BCUT2D eigenvalue weighted by Gasteiger charge is -2.12. The van der Waals surface area contributed by atoms with Gasteiger partial charge in [-0.3, -0.25) is 9.59 Å². The number of aromatic nitrogens is 1. The van der Waals surface area contributed by atoms with Gasteiger partial charge in [0.15, 0.2) is 11.5 Å². The fraction of sp³-hybridized carbons (Fsp3) is 0.333. The second kappa shape index (κ2) is 9.48. The van der Waals surface area contributed by atoms with Crippen LogP contribution in [0.5, 0.6) is 11.5 Å². The molecule has 0 saturated carbocycles. The number of carbonyl (C=O) groups is 1. The Labute approximate surface area is 176 Å². The number of nitrogens with one attached hydrogen (secondary N) is 2. The van der Waals surface area contributed by atoms with Crippen molar-refractivity contribution in [2.75, 3.05) is 19.8 Å². The average molecular weight is 408 g/mol. The highest BCUT2D eigenvalue weighted by molar-refractivity contribution is 5.94. The number of H-pyrrole nitrogens is 1. The first-order valence-corrected chi connectivity index (χ1v) is 10.2. The van der Waals surface area contributed by atoms with Gasteiger partial charge in [-0.25, -0.2) is 0 Å². The van der Waals surface area contributed by atoms with E-state index in [0.29, 0.717) is 48.8 Å². The van der Waals surface area contributed by atoms with E-state index in [1.807, 2.05) is 39.8 Å². The van der Waals surface area contributed by atoms with Gasteiger partial charge in [-0.05, 0) is 87.0 Å². The van der Waals surface area contributed by atoms with Crippen LogP contribution in [0.2, 0.25) is 0 Å². The second-order valence-corrected chi connectivity index (χ2v) is 7.18. The van der Waals surface area contributed by atoms with E-state index >= 15 is 0 Å². The van der Waals surface area contributed by atoms with Crippen LogP contribution < -0.4 is 20.3 Å². The van der Waals surface area contributed by atoms with Crippen LogP contribution >= 0.6 is 0 Å². The molecule has 0 atom stereocenters. The van der Waals surface area contributed by atoms with Gasteiger partial charge in [0.25, 0.3) is 11.5 Å². The number of hydrogen-bond donors (Lipinski definition) is 2. The van der Waals surface area contributed by atoms with Crippen LogP contribution in [0.15, 0.2) is 41.2 Å². The van der Waals surface area contributed by atoms with Gasteiger partial charge in [0, 0.05) is 23.2 Å². The molecule has 1 aromatic heterocycles. The van der Waals surface area contributed by atoms with Gasteiger partial charge in [-0.1, -0.05) is 0 Å². The number of hydrogen-bond acceptors (Lipinski definition) is 4. The highest BCUT2D eigenvalue weighted by atomic mass is 16.5. The number of pyridine rings is 1. The van der Waals surface area contributed by atoms with Crippen molar-refractivity contribution in [3.8, 4) is 11.5 Å². The van der Waals surface area contributed by atoms with E-state index in [-0.39, 0.29) is 11.5 Å². The van der Waals surface area contributed by atoms with Crippen LogP contribution in [0.25, 0.3) is 10.9 Å². The summed E-state index contributed by atoms with van der Waals surface area (Å²) in [5.41, 5.74) is 4.15. The fourth-order valence-corrected chi connectivity index (χ4v) is 3.31. The Morgan fingerprint density at radius 2 is 1.67 bits per heavy atom. The van der Waals surface area contributed by atoms with E-state index in [1.54, 1.807) is 18.2 Å². The smallest absolute Gasteiger partial charge is 0.251 e. The van der Waals surface area contributed by atoms with E-state index < -0.39 is 0 Å². The topological polar surface area (TPSA) is 80.4 Å². The number of aryl methyl sites for hydroxylation is 2. The molecule has 0 radical (unpaired) electrons. The Hall–Kier alpha value is -3.28. The zero-order valence-corrected chi connectivity index (χ0v) is 17.9. The highest BCUT2D eigenvalue weighted by Crippen LogP contribution is 2.28. The molecule has 1 heterocycles. The summed E-state index contributed by atoms with van der Waals surface area (Å²) >= 11 is 0. The van der Waals surface area contributed by atoms with Gasteiger partial charge in [0.2, 0.25) is 0 Å². The van der Waals surface area contributed by atoms with E-state index in [9.17, 15) is 9.59 Å². The molecular formula is C24H28N2O4. The predicted molar refractivity (Wildman–Crippen MR) is 119 cm³/mol. The number of fused-ring (bicyclic) bond motifs is 1. The molecule has 6 nitrogen and oxygen atoms in total. The summed E-state index contributed by atoms with van der Waals surface area (Å²) in [5.74, 6) is 0.940. The molecule has 2 aromatic carbocycles. The molecule has 3 aromatic rings. The number of aromatic amines is 1. The van der Waals surface area contributed by atoms with E-state index in [4.69, 9.17) is 9.47 Å². The molecule has 0 aliphatic heterocycles. The van der Waals surface area contributed by atoms with Crippen LogP contribution in [0, 0.1) is 13.8 Å². The molecule has 0 bridgehead atoms. The van der Waals surface area contributed by atoms with Gasteiger partial charge < -0.3 is 19.8 Å². The van der Waals surface area contributed by atoms with Crippen molar-refractivity contribution in [3.63, 3.8) is 0 Å². The van der Waals surface area contributed by atoms with Crippen LogP contribution in [-0.4, -0.2) is 30.6 Å². The molecular weight excluding hydrogens is 380 g/mol. The summed E-state index contributed by atoms with van der Waals surface area (Å²) in [7, 11) is 0. The van der Waals surface area contributed by atoms with Gasteiger partial charge in [0.1, 0.15) is 0 Å². The van der Waals surface area contributed by atoms with Crippen molar-refractivity contribution < 1.29 is 14.3 Å². The first-order valence-electron chi connectivity index (χ1n) is 10.2. The molecule has 0 unspecified atom stereocenters. The van der Waals surface area contributed by atoms with E-state index in [1.165, 1.54) is 5.56 Å². The normalized spacial score (nSPS) is 10.8. The molecule has 3 rings (SSSR count). The minimum Gasteiger partial charge on any atom is -0.490 e. The van der Waals surface area contributed by atoms with Crippen LogP contribution in [0.4, 0.5) is 0 Å². The second-order valence-electron chi connectivity index (χ2n) is 7.18. The maximum absolute atomic E-state index is 12.5. The van der Waals surface area contributed by atoms with Crippen LogP contribution in [0.3, 0.4) is 0 Å². The van der Waals surface area contributed by atoms with Crippen molar-refractivity contribution in [2.24, 2.45) is 0 Å². The first-order chi connectivity index (χ1) is 14.4. The SMILES string of the molecule is CCOc1ccc(C(=O)NCCc2cc3cc(C)c(C)cc3[nH]c2=O)cc1OCC. The van der Waals surface area contributed by atoms with Crippen LogP contribution in [0.1, 0.15) is 40.9 Å². The number of ether oxygens (including phenoxy) is 2. The van der Waals surface area contributed by atoms with E-state index in [0.717, 1.165) is 16.5 Å². The molecule has 0 saturated heterocycles. The standard InChI is InChI=1S/C24H28N2O4/c1-5-29-21-8-7-17(14-22(21)30-6-2)23(27)25-10-9-18-13-19-11-15(3)16(4)12-20(19)26-24(18)28/h7-8,11-14H,5-6,9-10H2,1-4H3,(H,25,27)(H,26,28). The maximum Gasteiger partial charge on any atom is 0.251 e. The molecule has 0 aliphatic carbocycles. The number of amides is 1. The Morgan fingerprint density at radius 3 is 2.40 bits per heavy atom. The number of rotatable bonds is 8. The van der Waals surface area contributed by atoms with Crippen molar-refractivity contribution in [1.29, 1.82) is 0 Å². The molecule has 0 aliphatic rings. The summed E-state index contributed by atoms with van der Waals surface area (Å²) < 4.78 is 11.1. The summed E-state index contributed by atoms with van der Waals surface area (Å²) in [6, 6.07) is 11.1. The zero-order chi connectivity index (χ0) is 21.7. The van der Waals surface area contributed by atoms with E-state index in [2.05, 4.69) is 16.4 Å². The summed E-state index contributed by atoms with van der Waals surface area (Å²) in [6.07, 6.45) is 0.444. The summed E-state index contributed by atoms with van der Waals surface area (Å²) in [6.45, 7) is 9.20. The number of carbonyl (C=O) groups excluding carboxylic acids is 1. The molecule has 1 amide bonds. The van der Waals surface area contributed by atoms with Gasteiger partial charge in [-0.2, -0.15) is 0 Å². The lowest BCUT2D eigenvalue weighted by atomic mass is 10.0. The van der Waals surface area contributed by atoms with Gasteiger partial charge in [0.05, 0.1) is 13.2 Å². The third-order valence-corrected chi connectivity index (χ3v) is 5.02. The Balaban J connectivity index is 1.69. The summed E-state index contributed by atoms with van der Waals surface area (Å²) in [5, 5.41) is 3.87.